The second-order valence-corrected chi connectivity index (χ2v) is 4.71. The second-order valence-electron chi connectivity index (χ2n) is 4.71. The van der Waals surface area contributed by atoms with Crippen molar-refractivity contribution in [2.75, 3.05) is 19.8 Å². The van der Waals surface area contributed by atoms with Gasteiger partial charge in [-0.3, -0.25) is 14.9 Å². The van der Waals surface area contributed by atoms with E-state index >= 15 is 0 Å². The molecule has 0 fully saturated rings. The Bertz CT molecular complexity index is 608. The van der Waals surface area contributed by atoms with E-state index in [4.69, 9.17) is 9.47 Å². The number of Topliss-reactive ketones (excluding diaryl/α,β-unsaturated/α-hetero) is 1. The van der Waals surface area contributed by atoms with Gasteiger partial charge in [-0.05, 0) is 25.0 Å². The van der Waals surface area contributed by atoms with E-state index < -0.39 is 16.7 Å². The number of nitro benzene ring substituents is 1. The summed E-state index contributed by atoms with van der Waals surface area (Å²) in [6.45, 7) is 4.06. The van der Waals surface area contributed by atoms with E-state index in [9.17, 15) is 19.7 Å². The number of hydrogen-bond donors (Lipinski definition) is 0. The molecule has 0 spiro atoms. The van der Waals surface area contributed by atoms with Crippen molar-refractivity contribution in [3.8, 4) is 0 Å². The van der Waals surface area contributed by atoms with Crippen LogP contribution in [-0.2, 0) is 19.1 Å². The van der Waals surface area contributed by atoms with Gasteiger partial charge in [-0.25, -0.2) is 4.79 Å². The smallest absolute Gasteiger partial charge is 0.341 e. The lowest BCUT2D eigenvalue weighted by Crippen LogP contribution is -2.16. The van der Waals surface area contributed by atoms with Crippen LogP contribution < -0.4 is 0 Å². The zero-order valence-electron chi connectivity index (χ0n) is 13.1. The predicted molar refractivity (Wildman–Crippen MR) is 83.8 cm³/mol. The van der Waals surface area contributed by atoms with Crippen LogP contribution in [0.1, 0.15) is 25.8 Å². The first-order chi connectivity index (χ1) is 11.0. The Morgan fingerprint density at radius 2 is 2.00 bits per heavy atom. The van der Waals surface area contributed by atoms with Crippen molar-refractivity contribution in [3.05, 3.63) is 45.5 Å². The number of benzene rings is 1. The zero-order valence-corrected chi connectivity index (χ0v) is 13.1. The average molecular weight is 321 g/mol. The first-order valence-corrected chi connectivity index (χ1v) is 7.17. The van der Waals surface area contributed by atoms with Crippen molar-refractivity contribution in [2.45, 2.75) is 20.3 Å². The van der Waals surface area contributed by atoms with Gasteiger partial charge in [-0.15, -0.1) is 0 Å². The van der Waals surface area contributed by atoms with Gasteiger partial charge in [0.2, 0.25) is 0 Å². The molecule has 23 heavy (non-hydrogen) atoms. The standard InChI is InChI=1S/C16H19NO6/c1-3-7-22-8-9-23-16(19)15(12(2)18)11-13-5-4-6-14(10-13)17(20)21/h4-6,10-11H,3,7-9H2,1-2H3. The van der Waals surface area contributed by atoms with Gasteiger partial charge in [0, 0.05) is 18.7 Å². The molecule has 0 saturated carbocycles. The summed E-state index contributed by atoms with van der Waals surface area (Å²) in [4.78, 5) is 33.7. The maximum atomic E-state index is 11.9. The van der Waals surface area contributed by atoms with Crippen LogP contribution in [0.2, 0.25) is 0 Å². The number of carbonyl (C=O) groups excluding carboxylic acids is 2. The van der Waals surface area contributed by atoms with Crippen molar-refractivity contribution >= 4 is 23.5 Å². The van der Waals surface area contributed by atoms with E-state index in [2.05, 4.69) is 0 Å². The van der Waals surface area contributed by atoms with Crippen molar-refractivity contribution in [1.82, 2.24) is 0 Å². The third-order valence-electron chi connectivity index (χ3n) is 2.80. The number of hydrogen-bond acceptors (Lipinski definition) is 6. The van der Waals surface area contributed by atoms with Crippen LogP contribution in [0.4, 0.5) is 5.69 Å². The lowest BCUT2D eigenvalue weighted by Gasteiger charge is -2.07. The molecule has 1 aromatic rings. The fraction of sp³-hybridized carbons (Fsp3) is 0.375. The van der Waals surface area contributed by atoms with Crippen molar-refractivity contribution < 1.29 is 24.0 Å². The highest BCUT2D eigenvalue weighted by molar-refractivity contribution is 6.19. The molecule has 1 aromatic carbocycles. The van der Waals surface area contributed by atoms with E-state index in [1.807, 2.05) is 6.92 Å². The molecule has 0 aliphatic rings. The Hall–Kier alpha value is -2.54. The molecule has 0 heterocycles. The van der Waals surface area contributed by atoms with Gasteiger partial charge < -0.3 is 9.47 Å². The Morgan fingerprint density at radius 3 is 2.61 bits per heavy atom. The Labute approximate surface area is 134 Å². The molecule has 0 N–H and O–H groups in total. The average Bonchev–Trinajstić information content (AvgIpc) is 2.52. The van der Waals surface area contributed by atoms with E-state index in [0.717, 1.165) is 6.42 Å². The minimum Gasteiger partial charge on any atom is -0.460 e. The molecule has 124 valence electrons. The third-order valence-corrected chi connectivity index (χ3v) is 2.80. The fourth-order valence-electron chi connectivity index (χ4n) is 1.72. The monoisotopic (exact) mass is 321 g/mol. The predicted octanol–water partition coefficient (Wildman–Crippen LogP) is 2.54. The van der Waals surface area contributed by atoms with Crippen LogP contribution in [-0.4, -0.2) is 36.5 Å². The summed E-state index contributed by atoms with van der Waals surface area (Å²) < 4.78 is 10.2. The normalized spacial score (nSPS) is 11.1. The molecular formula is C16H19NO6. The summed E-state index contributed by atoms with van der Waals surface area (Å²) in [5, 5.41) is 10.7. The van der Waals surface area contributed by atoms with Crippen LogP contribution in [0, 0.1) is 10.1 Å². The Balaban J connectivity index is 2.81. The van der Waals surface area contributed by atoms with Crippen molar-refractivity contribution in [1.29, 1.82) is 0 Å². The molecule has 0 saturated heterocycles. The number of rotatable bonds is 9. The van der Waals surface area contributed by atoms with Crippen LogP contribution in [0.25, 0.3) is 6.08 Å². The first kappa shape index (κ1) is 18.5. The molecule has 0 bridgehead atoms. The number of esters is 1. The lowest BCUT2D eigenvalue weighted by molar-refractivity contribution is -0.384. The van der Waals surface area contributed by atoms with E-state index in [1.165, 1.54) is 31.2 Å². The molecule has 0 unspecified atom stereocenters. The highest BCUT2D eigenvalue weighted by Crippen LogP contribution is 2.16. The van der Waals surface area contributed by atoms with Gasteiger partial charge in [0.05, 0.1) is 11.5 Å². The van der Waals surface area contributed by atoms with Gasteiger partial charge in [-0.2, -0.15) is 0 Å². The minimum absolute atomic E-state index is 0.0401. The van der Waals surface area contributed by atoms with Gasteiger partial charge >= 0.3 is 5.97 Å². The molecule has 1 rings (SSSR count). The third kappa shape index (κ3) is 6.39. The van der Waals surface area contributed by atoms with Gasteiger partial charge in [0.15, 0.2) is 5.78 Å². The molecule has 7 nitrogen and oxygen atoms in total. The van der Waals surface area contributed by atoms with Crippen LogP contribution >= 0.6 is 0 Å². The van der Waals surface area contributed by atoms with Crippen LogP contribution in [0.15, 0.2) is 29.8 Å². The van der Waals surface area contributed by atoms with E-state index in [0.29, 0.717) is 12.2 Å². The molecule has 0 aliphatic carbocycles. The SMILES string of the molecule is CCCOCCOC(=O)C(=Cc1cccc([N+](=O)[O-])c1)C(C)=O. The first-order valence-electron chi connectivity index (χ1n) is 7.17. The molecule has 0 aliphatic heterocycles. The lowest BCUT2D eigenvalue weighted by atomic mass is 10.1. The summed E-state index contributed by atoms with van der Waals surface area (Å²) >= 11 is 0. The summed E-state index contributed by atoms with van der Waals surface area (Å²) in [6.07, 6.45) is 2.14. The molecule has 0 radical (unpaired) electrons. The summed E-state index contributed by atoms with van der Waals surface area (Å²) in [6, 6.07) is 5.65. The highest BCUT2D eigenvalue weighted by Gasteiger charge is 2.16. The Kier molecular flexibility index (Phi) is 7.62. The quantitative estimate of drug-likeness (QED) is 0.132. The Morgan fingerprint density at radius 1 is 1.26 bits per heavy atom. The van der Waals surface area contributed by atoms with Crippen molar-refractivity contribution in [3.63, 3.8) is 0 Å². The molecule has 0 atom stereocenters. The molecule has 0 amide bonds. The zero-order chi connectivity index (χ0) is 17.2. The second kappa shape index (κ2) is 9.47. The highest BCUT2D eigenvalue weighted by atomic mass is 16.6. The van der Waals surface area contributed by atoms with Gasteiger partial charge in [-0.1, -0.05) is 19.1 Å². The number of ketones is 1. The summed E-state index contributed by atoms with van der Waals surface area (Å²) in [5.74, 6) is -1.25. The maximum absolute atomic E-state index is 11.9. The summed E-state index contributed by atoms with van der Waals surface area (Å²) in [7, 11) is 0. The fourth-order valence-corrected chi connectivity index (χ4v) is 1.72. The minimum atomic E-state index is -0.774. The van der Waals surface area contributed by atoms with Gasteiger partial charge in [0.25, 0.3) is 5.69 Å². The number of carbonyl (C=O) groups is 2. The van der Waals surface area contributed by atoms with Crippen LogP contribution in [0.3, 0.4) is 0 Å². The van der Waals surface area contributed by atoms with E-state index in [1.54, 1.807) is 6.07 Å². The number of nitrogens with zero attached hydrogens (tertiary/aromatic N) is 1. The van der Waals surface area contributed by atoms with E-state index in [-0.39, 0.29) is 24.5 Å². The number of non-ortho nitro benzene ring substituents is 1. The number of ether oxygens (including phenoxy) is 2. The number of nitro groups is 1. The molecule has 0 aromatic heterocycles. The summed E-state index contributed by atoms with van der Waals surface area (Å²) in [5.41, 5.74) is 0.0903. The van der Waals surface area contributed by atoms with Crippen LogP contribution in [0.5, 0.6) is 0 Å². The van der Waals surface area contributed by atoms with Crippen molar-refractivity contribution in [2.24, 2.45) is 0 Å². The molecule has 7 heteroatoms. The topological polar surface area (TPSA) is 95.7 Å². The maximum Gasteiger partial charge on any atom is 0.341 e. The largest absolute Gasteiger partial charge is 0.460 e. The van der Waals surface area contributed by atoms with Gasteiger partial charge in [0.1, 0.15) is 12.2 Å². The molecular weight excluding hydrogens is 302 g/mol.